The minimum absolute atomic E-state index is 0.0965. The molecule has 0 aromatic rings. The summed E-state index contributed by atoms with van der Waals surface area (Å²) in [5, 5.41) is 0. The van der Waals surface area contributed by atoms with Gasteiger partial charge >= 0.3 is 0 Å². The van der Waals surface area contributed by atoms with Crippen LogP contribution in [0.2, 0.25) is 0 Å². The molecular formula is C12H19NO. The lowest BCUT2D eigenvalue weighted by Crippen LogP contribution is -2.32. The Kier molecular flexibility index (Phi) is 3.29. The van der Waals surface area contributed by atoms with E-state index in [-0.39, 0.29) is 11.5 Å². The van der Waals surface area contributed by atoms with Crippen LogP contribution in [0.4, 0.5) is 0 Å². The molecule has 78 valence electrons. The molecule has 1 aliphatic carbocycles. The van der Waals surface area contributed by atoms with Crippen molar-refractivity contribution in [3.05, 3.63) is 36.0 Å². The zero-order valence-corrected chi connectivity index (χ0v) is 9.42. The highest BCUT2D eigenvalue weighted by Gasteiger charge is 2.24. The largest absolute Gasteiger partial charge is 0.304 e. The Morgan fingerprint density at radius 1 is 1.43 bits per heavy atom. The Morgan fingerprint density at radius 3 is 2.57 bits per heavy atom. The summed E-state index contributed by atoms with van der Waals surface area (Å²) in [5.41, 5.74) is 5.40. The maximum atomic E-state index is 4.92. The van der Waals surface area contributed by atoms with Gasteiger partial charge in [-0.25, -0.2) is 0 Å². The van der Waals surface area contributed by atoms with Gasteiger partial charge in [-0.2, -0.15) is 5.48 Å². The van der Waals surface area contributed by atoms with Gasteiger partial charge in [-0.05, 0) is 16.6 Å². The lowest BCUT2D eigenvalue weighted by Gasteiger charge is -2.30. The summed E-state index contributed by atoms with van der Waals surface area (Å²) in [6.07, 6.45) is 6.21. The Morgan fingerprint density at radius 2 is 2.07 bits per heavy atom. The summed E-state index contributed by atoms with van der Waals surface area (Å²) in [4.78, 5) is 4.92. The van der Waals surface area contributed by atoms with Crippen LogP contribution in [0.25, 0.3) is 0 Å². The molecular weight excluding hydrogens is 174 g/mol. The van der Waals surface area contributed by atoms with Gasteiger partial charge in [0.15, 0.2) is 0 Å². The molecule has 1 aliphatic rings. The summed E-state index contributed by atoms with van der Waals surface area (Å²) in [5.74, 6) is 0. The molecule has 1 atom stereocenters. The van der Waals surface area contributed by atoms with Crippen molar-refractivity contribution >= 4 is 0 Å². The van der Waals surface area contributed by atoms with E-state index in [4.69, 9.17) is 4.84 Å². The van der Waals surface area contributed by atoms with Crippen LogP contribution in [0.1, 0.15) is 20.8 Å². The molecule has 0 aromatic carbocycles. The predicted octanol–water partition coefficient (Wildman–Crippen LogP) is 2.60. The second kappa shape index (κ2) is 4.11. The average molecular weight is 193 g/mol. The molecule has 0 spiro atoms. The lowest BCUT2D eigenvalue weighted by atomic mass is 9.78. The fraction of sp³-hybridized carbons (Fsp3) is 0.500. The summed E-state index contributed by atoms with van der Waals surface area (Å²) in [6.45, 7) is 10.7. The average Bonchev–Trinajstić information content (AvgIpc) is 2.07. The number of hydroxylamine groups is 1. The van der Waals surface area contributed by atoms with Crippen LogP contribution >= 0.6 is 0 Å². The highest BCUT2D eigenvalue weighted by Crippen LogP contribution is 2.34. The van der Waals surface area contributed by atoms with E-state index in [1.54, 1.807) is 7.11 Å². The normalized spacial score (nSPS) is 22.4. The smallest absolute Gasteiger partial charge is 0.0752 e. The van der Waals surface area contributed by atoms with E-state index in [2.05, 4.69) is 38.9 Å². The van der Waals surface area contributed by atoms with Gasteiger partial charge in [-0.15, -0.1) is 0 Å². The molecule has 0 heterocycles. The van der Waals surface area contributed by atoms with E-state index in [1.807, 2.05) is 12.2 Å². The summed E-state index contributed by atoms with van der Waals surface area (Å²) in [7, 11) is 1.62. The number of allylic oxidation sites excluding steroid dienone is 2. The fourth-order valence-electron chi connectivity index (χ4n) is 1.62. The molecule has 0 bridgehead atoms. The molecule has 0 saturated carbocycles. The summed E-state index contributed by atoms with van der Waals surface area (Å²) < 4.78 is 0. The lowest BCUT2D eigenvalue weighted by molar-refractivity contribution is 0.0820. The highest BCUT2D eigenvalue weighted by atomic mass is 16.6. The molecule has 1 N–H and O–H groups in total. The SMILES string of the molecule is C=C1C(C(C)(C)C)=CC=CC1NOC. The van der Waals surface area contributed by atoms with Crippen molar-refractivity contribution in [3.63, 3.8) is 0 Å². The summed E-state index contributed by atoms with van der Waals surface area (Å²) in [6, 6.07) is 0.0965. The Bertz CT molecular complexity index is 281. The first-order chi connectivity index (χ1) is 6.46. The van der Waals surface area contributed by atoms with Gasteiger partial charge in [0.05, 0.1) is 13.2 Å². The van der Waals surface area contributed by atoms with Crippen molar-refractivity contribution in [1.29, 1.82) is 0 Å². The van der Waals surface area contributed by atoms with Crippen LogP contribution in [-0.4, -0.2) is 13.2 Å². The molecule has 2 heteroatoms. The summed E-state index contributed by atoms with van der Waals surface area (Å²) >= 11 is 0. The van der Waals surface area contributed by atoms with Crippen molar-refractivity contribution < 1.29 is 4.84 Å². The van der Waals surface area contributed by atoms with Crippen LogP contribution in [0.3, 0.4) is 0 Å². The standard InChI is InChI=1S/C12H19NO/c1-9-10(12(2,3)4)7-6-8-11(9)13-14-5/h6-8,11,13H,1H2,2-5H3. The molecule has 1 unspecified atom stereocenters. The minimum atomic E-state index is 0.0965. The van der Waals surface area contributed by atoms with Crippen molar-refractivity contribution in [2.24, 2.45) is 5.41 Å². The van der Waals surface area contributed by atoms with Gasteiger partial charge in [-0.1, -0.05) is 45.6 Å². The van der Waals surface area contributed by atoms with Gasteiger partial charge in [-0.3, -0.25) is 0 Å². The second-order valence-corrected chi connectivity index (χ2v) is 4.54. The van der Waals surface area contributed by atoms with Crippen LogP contribution < -0.4 is 5.48 Å². The monoisotopic (exact) mass is 193 g/mol. The Labute approximate surface area is 86.3 Å². The van der Waals surface area contributed by atoms with Crippen molar-refractivity contribution in [3.8, 4) is 0 Å². The number of hydrogen-bond donors (Lipinski definition) is 1. The predicted molar refractivity (Wildman–Crippen MR) is 59.8 cm³/mol. The molecule has 0 saturated heterocycles. The fourth-order valence-corrected chi connectivity index (χ4v) is 1.62. The van der Waals surface area contributed by atoms with E-state index >= 15 is 0 Å². The van der Waals surface area contributed by atoms with Crippen molar-refractivity contribution in [1.82, 2.24) is 5.48 Å². The molecule has 0 amide bonds. The highest BCUT2D eigenvalue weighted by molar-refractivity contribution is 5.45. The topological polar surface area (TPSA) is 21.3 Å². The third-order valence-corrected chi connectivity index (χ3v) is 2.34. The van der Waals surface area contributed by atoms with Gasteiger partial charge in [0.1, 0.15) is 0 Å². The first-order valence-electron chi connectivity index (χ1n) is 4.83. The zero-order chi connectivity index (χ0) is 10.8. The van der Waals surface area contributed by atoms with E-state index in [0.29, 0.717) is 0 Å². The van der Waals surface area contributed by atoms with Crippen LogP contribution in [0.15, 0.2) is 36.0 Å². The van der Waals surface area contributed by atoms with Gasteiger partial charge in [0.2, 0.25) is 0 Å². The third-order valence-electron chi connectivity index (χ3n) is 2.34. The first-order valence-corrected chi connectivity index (χ1v) is 4.83. The molecule has 2 nitrogen and oxygen atoms in total. The van der Waals surface area contributed by atoms with Gasteiger partial charge in [0, 0.05) is 0 Å². The molecule has 0 fully saturated rings. The van der Waals surface area contributed by atoms with E-state index in [1.165, 1.54) is 5.57 Å². The molecule has 0 aliphatic heterocycles. The molecule has 14 heavy (non-hydrogen) atoms. The maximum Gasteiger partial charge on any atom is 0.0752 e. The van der Waals surface area contributed by atoms with Crippen molar-refractivity contribution in [2.75, 3.05) is 7.11 Å². The van der Waals surface area contributed by atoms with E-state index in [0.717, 1.165) is 5.57 Å². The Hall–Kier alpha value is -0.860. The maximum absolute atomic E-state index is 4.92. The first kappa shape index (κ1) is 11.2. The molecule has 0 radical (unpaired) electrons. The zero-order valence-electron chi connectivity index (χ0n) is 9.42. The number of hydrogen-bond acceptors (Lipinski definition) is 2. The van der Waals surface area contributed by atoms with Crippen LogP contribution in [0.5, 0.6) is 0 Å². The van der Waals surface area contributed by atoms with Gasteiger partial charge < -0.3 is 4.84 Å². The van der Waals surface area contributed by atoms with E-state index < -0.39 is 0 Å². The number of rotatable bonds is 2. The quantitative estimate of drug-likeness (QED) is 0.681. The molecule has 0 aromatic heterocycles. The van der Waals surface area contributed by atoms with E-state index in [9.17, 15) is 0 Å². The minimum Gasteiger partial charge on any atom is -0.304 e. The van der Waals surface area contributed by atoms with Crippen LogP contribution in [0, 0.1) is 5.41 Å². The number of nitrogens with one attached hydrogen (secondary N) is 1. The molecule has 1 rings (SSSR count). The second-order valence-electron chi connectivity index (χ2n) is 4.54. The van der Waals surface area contributed by atoms with Crippen LogP contribution in [-0.2, 0) is 4.84 Å². The van der Waals surface area contributed by atoms with Crippen molar-refractivity contribution in [2.45, 2.75) is 26.8 Å². The Balaban J connectivity index is 2.86. The van der Waals surface area contributed by atoms with Gasteiger partial charge in [0.25, 0.3) is 0 Å². The third kappa shape index (κ3) is 2.34.